The molecule has 0 spiro atoms. The summed E-state index contributed by atoms with van der Waals surface area (Å²) >= 11 is 0. The molecule has 0 amide bonds. The van der Waals surface area contributed by atoms with E-state index in [-0.39, 0.29) is 5.78 Å². The molecular weight excluding hydrogens is 354 g/mol. The van der Waals surface area contributed by atoms with Crippen molar-refractivity contribution >= 4 is 11.5 Å². The van der Waals surface area contributed by atoms with E-state index in [9.17, 15) is 4.79 Å². The number of quaternary nitrogens is 1. The fourth-order valence-electron chi connectivity index (χ4n) is 4.00. The van der Waals surface area contributed by atoms with Crippen LogP contribution < -0.4 is 14.5 Å². The van der Waals surface area contributed by atoms with E-state index in [1.165, 1.54) is 10.6 Å². The van der Waals surface area contributed by atoms with Gasteiger partial charge in [0.05, 0.1) is 39.9 Å². The van der Waals surface area contributed by atoms with Gasteiger partial charge in [0.2, 0.25) is 5.78 Å². The first kappa shape index (κ1) is 20.4. The number of piperazine rings is 1. The molecule has 1 N–H and O–H groups in total. The summed E-state index contributed by atoms with van der Waals surface area (Å²) < 4.78 is 12.7. The number of nitrogens with zero attached hydrogens (tertiary/aromatic N) is 2. The van der Waals surface area contributed by atoms with Crippen molar-refractivity contribution in [2.75, 3.05) is 58.5 Å². The van der Waals surface area contributed by atoms with Crippen LogP contribution in [-0.2, 0) is 11.3 Å². The molecule has 1 saturated heterocycles. The van der Waals surface area contributed by atoms with E-state index in [0.29, 0.717) is 13.2 Å². The minimum Gasteiger partial charge on any atom is -0.497 e. The molecule has 3 rings (SSSR count). The lowest BCUT2D eigenvalue weighted by Crippen LogP contribution is -3.15. The molecule has 6 heteroatoms. The number of hydrogen-bond donors (Lipinski definition) is 1. The zero-order valence-electron chi connectivity index (χ0n) is 17.5. The molecule has 0 unspecified atom stereocenters. The molecule has 2 heterocycles. The average Bonchev–Trinajstić information content (AvgIpc) is 3.00. The highest BCUT2D eigenvalue weighted by Crippen LogP contribution is 2.21. The van der Waals surface area contributed by atoms with Crippen LogP contribution in [0.3, 0.4) is 0 Å². The first-order valence-corrected chi connectivity index (χ1v) is 9.95. The molecule has 1 aliphatic heterocycles. The van der Waals surface area contributed by atoms with Crippen molar-refractivity contribution < 1.29 is 19.2 Å². The molecule has 152 valence electrons. The van der Waals surface area contributed by atoms with E-state index in [4.69, 9.17) is 9.47 Å². The highest BCUT2D eigenvalue weighted by molar-refractivity contribution is 5.98. The predicted octanol–water partition coefficient (Wildman–Crippen LogP) is 1.35. The Balaban J connectivity index is 1.58. The number of carbonyl (C=O) groups excluding carboxylic acids is 1. The number of ether oxygens (including phenoxy) is 2. The summed E-state index contributed by atoms with van der Waals surface area (Å²) in [5, 5.41) is 0. The normalized spacial score (nSPS) is 15.1. The summed E-state index contributed by atoms with van der Waals surface area (Å²) in [5.41, 5.74) is 4.22. The summed E-state index contributed by atoms with van der Waals surface area (Å²) in [6.07, 6.45) is 0. The van der Waals surface area contributed by atoms with E-state index in [1.807, 2.05) is 25.1 Å². The van der Waals surface area contributed by atoms with Crippen LogP contribution in [0.1, 0.15) is 21.7 Å². The van der Waals surface area contributed by atoms with Gasteiger partial charge in [-0.05, 0) is 32.0 Å². The Morgan fingerprint density at radius 1 is 1.14 bits per heavy atom. The van der Waals surface area contributed by atoms with Gasteiger partial charge in [0.1, 0.15) is 12.3 Å². The van der Waals surface area contributed by atoms with Crippen molar-refractivity contribution in [1.82, 2.24) is 4.57 Å². The van der Waals surface area contributed by atoms with Crippen LogP contribution in [0.25, 0.3) is 0 Å². The van der Waals surface area contributed by atoms with Crippen molar-refractivity contribution in [2.24, 2.45) is 0 Å². The third-order valence-electron chi connectivity index (χ3n) is 5.69. The van der Waals surface area contributed by atoms with E-state index in [2.05, 4.69) is 28.5 Å². The van der Waals surface area contributed by atoms with Gasteiger partial charge >= 0.3 is 0 Å². The monoisotopic (exact) mass is 386 g/mol. The molecule has 0 atom stereocenters. The minimum absolute atomic E-state index is 0.238. The van der Waals surface area contributed by atoms with E-state index in [1.54, 1.807) is 14.2 Å². The molecular formula is C22H32N3O3+. The Morgan fingerprint density at radius 2 is 1.89 bits per heavy atom. The van der Waals surface area contributed by atoms with Gasteiger partial charge in [-0.3, -0.25) is 4.79 Å². The molecule has 1 aromatic heterocycles. The maximum Gasteiger partial charge on any atom is 0.218 e. The fourth-order valence-corrected chi connectivity index (χ4v) is 4.00. The molecule has 0 aliphatic carbocycles. The Kier molecular flexibility index (Phi) is 6.75. The number of Topliss-reactive ketones (excluding diaryl/α,β-unsaturated/α-hetero) is 1. The Labute approximate surface area is 167 Å². The molecule has 1 fully saturated rings. The lowest BCUT2D eigenvalue weighted by Gasteiger charge is -2.33. The summed E-state index contributed by atoms with van der Waals surface area (Å²) in [5.74, 6) is 1.12. The number of nitrogens with one attached hydrogen (secondary N) is 1. The number of methoxy groups -OCH3 is 2. The molecule has 1 aliphatic rings. The van der Waals surface area contributed by atoms with Crippen LogP contribution >= 0.6 is 0 Å². The molecule has 0 bridgehead atoms. The fraction of sp³-hybridized carbons (Fsp3) is 0.500. The van der Waals surface area contributed by atoms with Crippen molar-refractivity contribution in [3.63, 3.8) is 0 Å². The number of aromatic nitrogens is 1. The second kappa shape index (κ2) is 9.26. The second-order valence-corrected chi connectivity index (χ2v) is 7.47. The van der Waals surface area contributed by atoms with E-state index >= 15 is 0 Å². The predicted molar refractivity (Wildman–Crippen MR) is 111 cm³/mol. The summed E-state index contributed by atoms with van der Waals surface area (Å²) in [6.45, 7) is 9.91. The van der Waals surface area contributed by atoms with Crippen LogP contribution in [0.4, 0.5) is 5.69 Å². The lowest BCUT2D eigenvalue weighted by atomic mass is 10.1. The minimum atomic E-state index is 0.238. The zero-order chi connectivity index (χ0) is 20.1. The first-order valence-electron chi connectivity index (χ1n) is 9.95. The van der Waals surface area contributed by atoms with Gasteiger partial charge in [-0.25, -0.2) is 0 Å². The smallest absolute Gasteiger partial charge is 0.218 e. The molecule has 0 saturated carbocycles. The van der Waals surface area contributed by atoms with E-state index < -0.39 is 0 Å². The van der Waals surface area contributed by atoms with Crippen molar-refractivity contribution in [3.05, 3.63) is 47.3 Å². The maximum atomic E-state index is 12.9. The van der Waals surface area contributed by atoms with Crippen LogP contribution in [0.2, 0.25) is 0 Å². The van der Waals surface area contributed by atoms with Gasteiger partial charge in [0.15, 0.2) is 0 Å². The standard InChI is InChI=1S/C22H31N3O3/c1-17-14-21(18(2)25(17)12-13-27-3)22(26)16-23-8-10-24(11-9-23)19-6-5-7-20(15-19)28-4/h5-7,14-15H,8-13,16H2,1-4H3/p+1. The third-order valence-corrected chi connectivity index (χ3v) is 5.69. The van der Waals surface area contributed by atoms with Crippen LogP contribution in [0, 0.1) is 13.8 Å². The van der Waals surface area contributed by atoms with Crippen molar-refractivity contribution in [3.8, 4) is 5.75 Å². The number of hydrogen-bond acceptors (Lipinski definition) is 4. The molecule has 28 heavy (non-hydrogen) atoms. The number of anilines is 1. The highest BCUT2D eigenvalue weighted by Gasteiger charge is 2.25. The zero-order valence-corrected chi connectivity index (χ0v) is 17.5. The second-order valence-electron chi connectivity index (χ2n) is 7.47. The largest absolute Gasteiger partial charge is 0.497 e. The van der Waals surface area contributed by atoms with E-state index in [0.717, 1.165) is 55.4 Å². The molecule has 0 radical (unpaired) electrons. The van der Waals surface area contributed by atoms with Crippen LogP contribution in [-0.4, -0.2) is 63.9 Å². The SMILES string of the molecule is COCCn1c(C)cc(C(=O)C[NH+]2CCN(c3cccc(OC)c3)CC2)c1C. The summed E-state index contributed by atoms with van der Waals surface area (Å²) in [4.78, 5) is 16.6. The van der Waals surface area contributed by atoms with Crippen molar-refractivity contribution in [1.29, 1.82) is 0 Å². The number of rotatable bonds is 8. The first-order chi connectivity index (χ1) is 13.5. The molecule has 6 nitrogen and oxygen atoms in total. The third kappa shape index (κ3) is 4.56. The van der Waals surface area contributed by atoms with Gasteiger partial charge < -0.3 is 23.8 Å². The highest BCUT2D eigenvalue weighted by atomic mass is 16.5. The van der Waals surface area contributed by atoms with Crippen LogP contribution in [0.15, 0.2) is 30.3 Å². The number of benzene rings is 1. The van der Waals surface area contributed by atoms with Gasteiger partial charge in [-0.2, -0.15) is 0 Å². The topological polar surface area (TPSA) is 48.1 Å². The maximum absolute atomic E-state index is 12.9. The number of carbonyl (C=O) groups is 1. The van der Waals surface area contributed by atoms with Gasteiger partial charge in [-0.15, -0.1) is 0 Å². The van der Waals surface area contributed by atoms with Crippen LogP contribution in [0.5, 0.6) is 5.75 Å². The molecule has 2 aromatic rings. The van der Waals surface area contributed by atoms with Crippen molar-refractivity contribution in [2.45, 2.75) is 20.4 Å². The average molecular weight is 387 g/mol. The Hall–Kier alpha value is -2.31. The van der Waals surface area contributed by atoms with Gasteiger partial charge in [-0.1, -0.05) is 6.07 Å². The number of aryl methyl sites for hydroxylation is 1. The molecule has 1 aromatic carbocycles. The van der Waals surface area contributed by atoms with Gasteiger partial charge in [0, 0.05) is 42.4 Å². The quantitative estimate of drug-likeness (QED) is 0.696. The Morgan fingerprint density at radius 3 is 2.57 bits per heavy atom. The summed E-state index contributed by atoms with van der Waals surface area (Å²) in [7, 11) is 3.40. The van der Waals surface area contributed by atoms with Gasteiger partial charge in [0.25, 0.3) is 0 Å². The Bertz CT molecular complexity index is 807. The lowest BCUT2D eigenvalue weighted by molar-refractivity contribution is -0.892. The number of ketones is 1. The summed E-state index contributed by atoms with van der Waals surface area (Å²) in [6, 6.07) is 10.2.